The zero-order valence-corrected chi connectivity index (χ0v) is 13.2. The van der Waals surface area contributed by atoms with E-state index in [1.165, 1.54) is 10.6 Å². The first kappa shape index (κ1) is 14.6. The van der Waals surface area contributed by atoms with Gasteiger partial charge in [0.05, 0.1) is 24.2 Å². The van der Waals surface area contributed by atoms with Crippen molar-refractivity contribution in [3.05, 3.63) is 41.3 Å². The average Bonchev–Trinajstić information content (AvgIpc) is 3.07. The molecule has 1 aliphatic heterocycles. The highest BCUT2D eigenvalue weighted by molar-refractivity contribution is 7.88. The van der Waals surface area contributed by atoms with Gasteiger partial charge in [0.2, 0.25) is 10.0 Å². The molecule has 1 fully saturated rings. The second-order valence-corrected chi connectivity index (χ2v) is 7.59. The summed E-state index contributed by atoms with van der Waals surface area (Å²) in [7, 11) is -3.20. The maximum Gasteiger partial charge on any atom is 0.211 e. The number of nitrogens with one attached hydrogen (secondary N) is 1. The fourth-order valence-electron chi connectivity index (χ4n) is 2.69. The molecule has 1 aromatic carbocycles. The van der Waals surface area contributed by atoms with Gasteiger partial charge in [0.1, 0.15) is 5.82 Å². The largest absolute Gasteiger partial charge is 0.341 e. The number of halogens is 1. The van der Waals surface area contributed by atoms with Crippen LogP contribution in [-0.4, -0.2) is 35.5 Å². The first-order chi connectivity index (χ1) is 9.95. The van der Waals surface area contributed by atoms with Gasteiger partial charge >= 0.3 is 0 Å². The lowest BCUT2D eigenvalue weighted by Gasteiger charge is -2.20. The molecule has 5 nitrogen and oxygen atoms in total. The Labute approximate surface area is 129 Å². The van der Waals surface area contributed by atoms with Crippen molar-refractivity contribution < 1.29 is 8.42 Å². The third-order valence-electron chi connectivity index (χ3n) is 3.70. The van der Waals surface area contributed by atoms with E-state index in [0.29, 0.717) is 17.4 Å². The molecule has 2 aromatic rings. The van der Waals surface area contributed by atoms with Crippen LogP contribution in [0.2, 0.25) is 5.02 Å². The van der Waals surface area contributed by atoms with E-state index in [4.69, 9.17) is 11.6 Å². The lowest BCUT2D eigenvalue weighted by atomic mass is 10.2. The van der Waals surface area contributed by atoms with Crippen molar-refractivity contribution in [2.75, 3.05) is 12.8 Å². The summed E-state index contributed by atoms with van der Waals surface area (Å²) in [6.07, 6.45) is 4.63. The molecule has 7 heteroatoms. The van der Waals surface area contributed by atoms with Gasteiger partial charge in [-0.1, -0.05) is 23.7 Å². The van der Waals surface area contributed by atoms with Crippen LogP contribution in [0.1, 0.15) is 24.7 Å². The molecule has 0 radical (unpaired) electrons. The molecule has 1 saturated heterocycles. The molecule has 0 saturated carbocycles. The number of aromatic amines is 1. The van der Waals surface area contributed by atoms with Crippen LogP contribution in [0.3, 0.4) is 0 Å². The molecule has 2 heterocycles. The Morgan fingerprint density at radius 2 is 2.05 bits per heavy atom. The van der Waals surface area contributed by atoms with E-state index in [9.17, 15) is 8.42 Å². The molecule has 0 bridgehead atoms. The Balaban J connectivity index is 1.90. The van der Waals surface area contributed by atoms with Crippen LogP contribution < -0.4 is 0 Å². The summed E-state index contributed by atoms with van der Waals surface area (Å²) >= 11 is 5.88. The van der Waals surface area contributed by atoms with Crippen LogP contribution in [0.5, 0.6) is 0 Å². The fraction of sp³-hybridized carbons (Fsp3) is 0.357. The quantitative estimate of drug-likeness (QED) is 0.943. The van der Waals surface area contributed by atoms with Gasteiger partial charge in [-0.3, -0.25) is 0 Å². The van der Waals surface area contributed by atoms with Gasteiger partial charge in [0.25, 0.3) is 0 Å². The number of nitrogens with zero attached hydrogens (tertiary/aromatic N) is 2. The summed E-state index contributed by atoms with van der Waals surface area (Å²) < 4.78 is 25.1. The maximum absolute atomic E-state index is 11.8. The predicted octanol–water partition coefficient (Wildman–Crippen LogP) is 2.83. The van der Waals surface area contributed by atoms with Crippen molar-refractivity contribution in [2.45, 2.75) is 18.9 Å². The molecular weight excluding hydrogens is 310 g/mol. The molecule has 1 N–H and O–H groups in total. The average molecular weight is 326 g/mol. The van der Waals surface area contributed by atoms with Crippen LogP contribution in [-0.2, 0) is 10.0 Å². The minimum absolute atomic E-state index is 0.193. The lowest BCUT2D eigenvalue weighted by molar-refractivity contribution is 0.388. The van der Waals surface area contributed by atoms with Crippen molar-refractivity contribution in [1.82, 2.24) is 14.3 Å². The second-order valence-electron chi connectivity index (χ2n) is 5.22. The molecule has 3 rings (SSSR count). The minimum atomic E-state index is -3.20. The Hall–Kier alpha value is -1.37. The highest BCUT2D eigenvalue weighted by Gasteiger charge is 2.34. The van der Waals surface area contributed by atoms with Gasteiger partial charge in [-0.25, -0.2) is 13.4 Å². The van der Waals surface area contributed by atoms with Crippen molar-refractivity contribution in [2.24, 2.45) is 0 Å². The van der Waals surface area contributed by atoms with Crippen LogP contribution in [0.4, 0.5) is 0 Å². The number of hydrogen-bond donors (Lipinski definition) is 1. The predicted molar refractivity (Wildman–Crippen MR) is 82.6 cm³/mol. The number of rotatable bonds is 3. The Morgan fingerprint density at radius 3 is 2.71 bits per heavy atom. The van der Waals surface area contributed by atoms with Crippen LogP contribution in [0.25, 0.3) is 11.3 Å². The molecule has 0 unspecified atom stereocenters. The smallest absolute Gasteiger partial charge is 0.211 e. The summed E-state index contributed by atoms with van der Waals surface area (Å²) in [5.74, 6) is 0.697. The minimum Gasteiger partial charge on any atom is -0.341 e. The van der Waals surface area contributed by atoms with Gasteiger partial charge in [0, 0.05) is 11.6 Å². The van der Waals surface area contributed by atoms with Gasteiger partial charge < -0.3 is 4.98 Å². The van der Waals surface area contributed by atoms with E-state index in [-0.39, 0.29) is 6.04 Å². The van der Waals surface area contributed by atoms with Gasteiger partial charge in [-0.2, -0.15) is 4.31 Å². The van der Waals surface area contributed by atoms with E-state index in [2.05, 4.69) is 9.97 Å². The number of sulfonamides is 1. The van der Waals surface area contributed by atoms with Crippen molar-refractivity contribution in [3.63, 3.8) is 0 Å². The molecule has 0 amide bonds. The highest BCUT2D eigenvalue weighted by Crippen LogP contribution is 2.33. The fourth-order valence-corrected chi connectivity index (χ4v) is 3.95. The summed E-state index contributed by atoms with van der Waals surface area (Å²) in [5, 5.41) is 0.678. The molecule has 1 atom stereocenters. The van der Waals surface area contributed by atoms with Gasteiger partial charge in [0.15, 0.2) is 0 Å². The zero-order chi connectivity index (χ0) is 15.0. The molecule has 1 aliphatic rings. The molecule has 112 valence electrons. The standard InChI is InChI=1S/C14H16ClN3O2S/c1-21(19,20)18-8-2-3-13(18)14-16-9-12(17-14)10-4-6-11(15)7-5-10/h4-7,9,13H,2-3,8H2,1H3,(H,16,17)/t13-/m1/s1. The van der Waals surface area contributed by atoms with Crippen molar-refractivity contribution in [3.8, 4) is 11.3 Å². The number of hydrogen-bond acceptors (Lipinski definition) is 3. The maximum atomic E-state index is 11.8. The summed E-state index contributed by atoms with van der Waals surface area (Å²) in [6, 6.07) is 7.25. The summed E-state index contributed by atoms with van der Waals surface area (Å²) in [6.45, 7) is 0.556. The Morgan fingerprint density at radius 1 is 1.33 bits per heavy atom. The number of aromatic nitrogens is 2. The molecular formula is C14H16ClN3O2S. The molecule has 21 heavy (non-hydrogen) atoms. The van der Waals surface area contributed by atoms with E-state index in [1.807, 2.05) is 24.3 Å². The molecule has 0 spiro atoms. The first-order valence-electron chi connectivity index (χ1n) is 6.73. The summed E-state index contributed by atoms with van der Waals surface area (Å²) in [4.78, 5) is 7.60. The monoisotopic (exact) mass is 325 g/mol. The normalized spacial score (nSPS) is 20.0. The van der Waals surface area contributed by atoms with Gasteiger partial charge in [-0.05, 0) is 30.5 Å². The summed E-state index contributed by atoms with van der Waals surface area (Å²) in [5.41, 5.74) is 1.84. The highest BCUT2D eigenvalue weighted by atomic mass is 35.5. The van der Waals surface area contributed by atoms with Gasteiger partial charge in [-0.15, -0.1) is 0 Å². The number of H-pyrrole nitrogens is 1. The zero-order valence-electron chi connectivity index (χ0n) is 11.6. The first-order valence-corrected chi connectivity index (χ1v) is 8.95. The SMILES string of the molecule is CS(=O)(=O)N1CCC[C@@H]1c1ncc(-c2ccc(Cl)cc2)[nH]1. The van der Waals surface area contributed by atoms with E-state index < -0.39 is 10.0 Å². The Bertz CT molecular complexity index is 740. The number of imidazole rings is 1. The van der Waals surface area contributed by atoms with E-state index in [0.717, 1.165) is 24.1 Å². The van der Waals surface area contributed by atoms with E-state index in [1.54, 1.807) is 6.20 Å². The molecule has 1 aromatic heterocycles. The second kappa shape index (κ2) is 5.44. The number of benzene rings is 1. The lowest BCUT2D eigenvalue weighted by Crippen LogP contribution is -2.30. The molecule has 0 aliphatic carbocycles. The van der Waals surface area contributed by atoms with E-state index >= 15 is 0 Å². The third-order valence-corrected chi connectivity index (χ3v) is 5.24. The van der Waals surface area contributed by atoms with Crippen LogP contribution in [0, 0.1) is 0 Å². The van der Waals surface area contributed by atoms with Crippen molar-refractivity contribution >= 4 is 21.6 Å². The van der Waals surface area contributed by atoms with Crippen LogP contribution in [0.15, 0.2) is 30.5 Å². The van der Waals surface area contributed by atoms with Crippen molar-refractivity contribution in [1.29, 1.82) is 0 Å². The Kier molecular flexibility index (Phi) is 3.77. The topological polar surface area (TPSA) is 66.1 Å². The third kappa shape index (κ3) is 2.97. The van der Waals surface area contributed by atoms with Crippen LogP contribution >= 0.6 is 11.6 Å².